The van der Waals surface area contributed by atoms with Crippen molar-refractivity contribution in [3.05, 3.63) is 38.8 Å². The van der Waals surface area contributed by atoms with Crippen LogP contribution in [0.4, 0.5) is 0 Å². The van der Waals surface area contributed by atoms with Crippen LogP contribution in [0.15, 0.2) is 33.2 Å². The summed E-state index contributed by atoms with van der Waals surface area (Å²) in [4.78, 5) is 0. The Kier molecular flexibility index (Phi) is 6.34. The van der Waals surface area contributed by atoms with Crippen molar-refractivity contribution in [1.29, 1.82) is 0 Å². The number of hydrogen-bond donors (Lipinski definition) is 1. The highest BCUT2D eigenvalue weighted by Gasteiger charge is 2.10. The fraction of sp³-hybridized carbons (Fsp3) is 0.333. The van der Waals surface area contributed by atoms with Crippen LogP contribution >= 0.6 is 39.1 Å². The van der Waals surface area contributed by atoms with Crippen LogP contribution in [0, 0.1) is 0 Å². The van der Waals surface area contributed by atoms with Gasteiger partial charge in [0.25, 0.3) is 0 Å². The van der Waals surface area contributed by atoms with Gasteiger partial charge in [0.05, 0.1) is 5.03 Å². The number of benzene rings is 1. The quantitative estimate of drug-likeness (QED) is 0.857. The van der Waals surface area contributed by atoms with Gasteiger partial charge in [-0.05, 0) is 26.1 Å². The summed E-state index contributed by atoms with van der Waals surface area (Å²) in [5.41, 5.74) is 2.38. The van der Waals surface area contributed by atoms with Gasteiger partial charge in [-0.15, -0.1) is 0 Å². The maximum atomic E-state index is 5.80. The van der Waals surface area contributed by atoms with Gasteiger partial charge in [0.15, 0.2) is 0 Å². The molecule has 0 amide bonds. The second-order valence-corrected chi connectivity index (χ2v) is 5.16. The Bertz CT molecular complexity index is 409. The van der Waals surface area contributed by atoms with E-state index in [0.717, 1.165) is 15.8 Å². The molecule has 1 unspecified atom stereocenters. The molecule has 0 fully saturated rings. The summed E-state index contributed by atoms with van der Waals surface area (Å²) in [6.45, 7) is 2.33. The number of rotatable bonds is 5. The van der Waals surface area contributed by atoms with Crippen LogP contribution in [0.5, 0.6) is 5.75 Å². The van der Waals surface area contributed by atoms with E-state index in [4.69, 9.17) is 27.9 Å². The van der Waals surface area contributed by atoms with E-state index < -0.39 is 0 Å². The molecule has 0 saturated carbocycles. The van der Waals surface area contributed by atoms with Crippen LogP contribution < -0.4 is 10.1 Å². The standard InChI is InChI=1S/C12H14BrCl2NO/c1-8(16-2)11-4-3-9(13)5-12(11)17-7-10(15)6-14/h3-6,8,16H,7H2,1-2H3/b10-6-. The van der Waals surface area contributed by atoms with Crippen molar-refractivity contribution in [2.45, 2.75) is 13.0 Å². The highest BCUT2D eigenvalue weighted by Crippen LogP contribution is 2.29. The number of nitrogens with one attached hydrogen (secondary N) is 1. The van der Waals surface area contributed by atoms with Crippen LogP contribution in [-0.4, -0.2) is 13.7 Å². The average Bonchev–Trinajstić information content (AvgIpc) is 2.35. The van der Waals surface area contributed by atoms with Crippen molar-refractivity contribution < 1.29 is 4.74 Å². The third-order valence-corrected chi connectivity index (χ3v) is 3.45. The smallest absolute Gasteiger partial charge is 0.125 e. The van der Waals surface area contributed by atoms with Gasteiger partial charge in [-0.1, -0.05) is 45.2 Å². The predicted molar refractivity (Wildman–Crippen MR) is 76.9 cm³/mol. The molecule has 0 aliphatic carbocycles. The summed E-state index contributed by atoms with van der Waals surface area (Å²) < 4.78 is 6.60. The van der Waals surface area contributed by atoms with Crippen molar-refractivity contribution in [1.82, 2.24) is 5.32 Å². The van der Waals surface area contributed by atoms with Gasteiger partial charge in [0.2, 0.25) is 0 Å². The van der Waals surface area contributed by atoms with E-state index in [-0.39, 0.29) is 12.6 Å². The predicted octanol–water partition coefficient (Wildman–Crippen LogP) is 4.43. The fourth-order valence-electron chi connectivity index (χ4n) is 1.32. The molecule has 0 aliphatic rings. The summed E-state index contributed by atoms with van der Waals surface area (Å²) >= 11 is 14.7. The SMILES string of the molecule is CNC(C)c1ccc(Br)cc1OC/C(Cl)=C/Cl. The van der Waals surface area contributed by atoms with Gasteiger partial charge in [-0.2, -0.15) is 0 Å². The summed E-state index contributed by atoms with van der Waals surface area (Å²) in [5.74, 6) is 0.790. The lowest BCUT2D eigenvalue weighted by molar-refractivity contribution is 0.351. The third kappa shape index (κ3) is 4.51. The number of hydrogen-bond acceptors (Lipinski definition) is 2. The molecule has 0 aliphatic heterocycles. The Morgan fingerprint density at radius 1 is 1.59 bits per heavy atom. The molecule has 0 aromatic heterocycles. The fourth-order valence-corrected chi connectivity index (χ4v) is 1.78. The maximum Gasteiger partial charge on any atom is 0.125 e. The normalized spacial score (nSPS) is 13.6. The molecular weight excluding hydrogens is 325 g/mol. The molecule has 0 heterocycles. The molecule has 17 heavy (non-hydrogen) atoms. The molecule has 0 radical (unpaired) electrons. The van der Waals surface area contributed by atoms with E-state index in [0.29, 0.717) is 5.03 Å². The zero-order valence-electron chi connectivity index (χ0n) is 9.64. The molecule has 1 rings (SSSR count). The van der Waals surface area contributed by atoms with Crippen LogP contribution in [0.3, 0.4) is 0 Å². The molecule has 94 valence electrons. The van der Waals surface area contributed by atoms with E-state index in [2.05, 4.69) is 28.2 Å². The highest BCUT2D eigenvalue weighted by atomic mass is 79.9. The van der Waals surface area contributed by atoms with Gasteiger partial charge in [0.1, 0.15) is 12.4 Å². The van der Waals surface area contributed by atoms with Crippen molar-refractivity contribution >= 4 is 39.1 Å². The lowest BCUT2D eigenvalue weighted by Crippen LogP contribution is -2.14. The minimum absolute atomic E-state index is 0.205. The first kappa shape index (κ1) is 14.8. The van der Waals surface area contributed by atoms with Crippen LogP contribution in [0.1, 0.15) is 18.5 Å². The Hall–Kier alpha value is -0.220. The molecule has 0 saturated heterocycles. The molecular formula is C12H14BrCl2NO. The Labute approximate surface area is 120 Å². The third-order valence-electron chi connectivity index (χ3n) is 2.36. The molecule has 1 aromatic rings. The molecule has 0 spiro atoms. The van der Waals surface area contributed by atoms with Crippen molar-refractivity contribution in [3.63, 3.8) is 0 Å². The van der Waals surface area contributed by atoms with Crippen molar-refractivity contribution in [2.75, 3.05) is 13.7 Å². The zero-order chi connectivity index (χ0) is 12.8. The van der Waals surface area contributed by atoms with Crippen molar-refractivity contribution in [2.24, 2.45) is 0 Å². The van der Waals surface area contributed by atoms with Crippen LogP contribution in [-0.2, 0) is 0 Å². The van der Waals surface area contributed by atoms with E-state index in [1.807, 2.05) is 25.2 Å². The average molecular weight is 339 g/mol. The van der Waals surface area contributed by atoms with Gasteiger partial charge >= 0.3 is 0 Å². The second kappa shape index (κ2) is 7.27. The van der Waals surface area contributed by atoms with Crippen molar-refractivity contribution in [3.8, 4) is 5.75 Å². The van der Waals surface area contributed by atoms with Gasteiger partial charge in [-0.3, -0.25) is 0 Å². The first-order valence-electron chi connectivity index (χ1n) is 5.12. The Morgan fingerprint density at radius 2 is 2.29 bits per heavy atom. The number of ether oxygens (including phenoxy) is 1. The molecule has 5 heteroatoms. The summed E-state index contributed by atoms with van der Waals surface area (Å²) in [5, 5.41) is 3.64. The van der Waals surface area contributed by atoms with Gasteiger partial charge in [0, 0.05) is 21.6 Å². The first-order valence-corrected chi connectivity index (χ1v) is 6.73. The highest BCUT2D eigenvalue weighted by molar-refractivity contribution is 9.10. The summed E-state index contributed by atoms with van der Waals surface area (Å²) in [7, 11) is 1.90. The van der Waals surface area contributed by atoms with E-state index in [1.54, 1.807) is 0 Å². The minimum atomic E-state index is 0.205. The second-order valence-electron chi connectivity index (χ2n) is 3.54. The summed E-state index contributed by atoms with van der Waals surface area (Å²) in [6, 6.07) is 6.12. The lowest BCUT2D eigenvalue weighted by atomic mass is 10.1. The molecule has 1 N–H and O–H groups in total. The number of halogens is 3. The van der Waals surface area contributed by atoms with E-state index in [1.165, 1.54) is 5.54 Å². The molecule has 1 aromatic carbocycles. The van der Waals surface area contributed by atoms with Crippen LogP contribution in [0.2, 0.25) is 0 Å². The maximum absolute atomic E-state index is 5.80. The lowest BCUT2D eigenvalue weighted by Gasteiger charge is -2.16. The van der Waals surface area contributed by atoms with Gasteiger partial charge < -0.3 is 10.1 Å². The van der Waals surface area contributed by atoms with E-state index in [9.17, 15) is 0 Å². The largest absolute Gasteiger partial charge is 0.488 e. The van der Waals surface area contributed by atoms with E-state index >= 15 is 0 Å². The minimum Gasteiger partial charge on any atom is -0.488 e. The topological polar surface area (TPSA) is 21.3 Å². The Balaban J connectivity index is 2.91. The monoisotopic (exact) mass is 337 g/mol. The molecule has 2 nitrogen and oxygen atoms in total. The first-order chi connectivity index (χ1) is 8.08. The zero-order valence-corrected chi connectivity index (χ0v) is 12.7. The Morgan fingerprint density at radius 3 is 2.88 bits per heavy atom. The summed E-state index contributed by atoms with van der Waals surface area (Å²) in [6.07, 6.45) is 0. The molecule has 0 bridgehead atoms. The van der Waals surface area contributed by atoms with Gasteiger partial charge in [-0.25, -0.2) is 0 Å². The molecule has 1 atom stereocenters. The van der Waals surface area contributed by atoms with Crippen LogP contribution in [0.25, 0.3) is 0 Å².